The molecule has 1 heterocycles. The quantitative estimate of drug-likeness (QED) is 0.758. The van der Waals surface area contributed by atoms with Crippen LogP contribution in [0.1, 0.15) is 45.4 Å². The summed E-state index contributed by atoms with van der Waals surface area (Å²) in [4.78, 5) is 0. The number of rotatable bonds is 2. The molecule has 0 radical (unpaired) electrons. The van der Waals surface area contributed by atoms with E-state index in [4.69, 9.17) is 4.74 Å². The highest BCUT2D eigenvalue weighted by Crippen LogP contribution is 2.34. The van der Waals surface area contributed by atoms with Crippen LogP contribution >= 0.6 is 0 Å². The zero-order valence-corrected chi connectivity index (χ0v) is 10.2. The van der Waals surface area contributed by atoms with E-state index in [1.807, 2.05) is 0 Å². The van der Waals surface area contributed by atoms with Gasteiger partial charge in [0.1, 0.15) is 0 Å². The standard InChI is InChI=1S/C13H25NO/c1-10-4-3-5-11(8-10)13-9-12(14-2)6-7-15-13/h10-14H,3-9H2,1-2H3. The highest BCUT2D eigenvalue weighted by Gasteiger charge is 2.31. The van der Waals surface area contributed by atoms with E-state index < -0.39 is 0 Å². The van der Waals surface area contributed by atoms with E-state index in [2.05, 4.69) is 19.3 Å². The summed E-state index contributed by atoms with van der Waals surface area (Å²) in [6, 6.07) is 0.695. The van der Waals surface area contributed by atoms with E-state index in [1.165, 1.54) is 38.5 Å². The Morgan fingerprint density at radius 3 is 2.73 bits per heavy atom. The van der Waals surface area contributed by atoms with Gasteiger partial charge in [0.05, 0.1) is 6.10 Å². The maximum Gasteiger partial charge on any atom is 0.0618 e. The highest BCUT2D eigenvalue weighted by molar-refractivity contribution is 4.83. The molecule has 4 unspecified atom stereocenters. The van der Waals surface area contributed by atoms with Gasteiger partial charge in [-0.1, -0.05) is 19.8 Å². The van der Waals surface area contributed by atoms with Crippen molar-refractivity contribution >= 4 is 0 Å². The van der Waals surface area contributed by atoms with Crippen molar-refractivity contribution in [2.45, 2.75) is 57.6 Å². The van der Waals surface area contributed by atoms with Gasteiger partial charge in [0.25, 0.3) is 0 Å². The molecule has 4 atom stereocenters. The third-order valence-corrected chi connectivity index (χ3v) is 4.23. The third kappa shape index (κ3) is 2.94. The monoisotopic (exact) mass is 211 g/mol. The summed E-state index contributed by atoms with van der Waals surface area (Å²) in [5, 5.41) is 3.40. The minimum Gasteiger partial charge on any atom is -0.378 e. The zero-order valence-electron chi connectivity index (χ0n) is 10.2. The molecule has 15 heavy (non-hydrogen) atoms. The van der Waals surface area contributed by atoms with Crippen molar-refractivity contribution in [2.75, 3.05) is 13.7 Å². The predicted molar refractivity (Wildman–Crippen MR) is 62.9 cm³/mol. The molecule has 0 aromatic heterocycles. The Morgan fingerprint density at radius 2 is 2.00 bits per heavy atom. The number of ether oxygens (including phenoxy) is 1. The van der Waals surface area contributed by atoms with Gasteiger partial charge in [-0.3, -0.25) is 0 Å². The maximum atomic E-state index is 5.96. The van der Waals surface area contributed by atoms with Crippen molar-refractivity contribution in [3.05, 3.63) is 0 Å². The fourth-order valence-electron chi connectivity index (χ4n) is 3.24. The molecular weight excluding hydrogens is 186 g/mol. The molecule has 2 nitrogen and oxygen atoms in total. The van der Waals surface area contributed by atoms with Gasteiger partial charge in [0.15, 0.2) is 0 Å². The molecular formula is C13H25NO. The van der Waals surface area contributed by atoms with E-state index in [0.717, 1.165) is 18.4 Å². The van der Waals surface area contributed by atoms with Crippen LogP contribution in [0.3, 0.4) is 0 Å². The summed E-state index contributed by atoms with van der Waals surface area (Å²) in [5.41, 5.74) is 0. The van der Waals surface area contributed by atoms with E-state index in [0.29, 0.717) is 12.1 Å². The predicted octanol–water partition coefficient (Wildman–Crippen LogP) is 2.58. The van der Waals surface area contributed by atoms with Crippen molar-refractivity contribution in [2.24, 2.45) is 11.8 Å². The second-order valence-electron chi connectivity index (χ2n) is 5.45. The van der Waals surface area contributed by atoms with Gasteiger partial charge in [-0.25, -0.2) is 0 Å². The SMILES string of the molecule is CNC1CCOC(C2CCCC(C)C2)C1. The largest absolute Gasteiger partial charge is 0.378 e. The van der Waals surface area contributed by atoms with Crippen LogP contribution in [0.5, 0.6) is 0 Å². The molecule has 0 bridgehead atoms. The summed E-state index contributed by atoms with van der Waals surface area (Å²) in [6.45, 7) is 3.35. The van der Waals surface area contributed by atoms with Crippen LogP contribution in [0.25, 0.3) is 0 Å². The average molecular weight is 211 g/mol. The van der Waals surface area contributed by atoms with Crippen LogP contribution in [0.4, 0.5) is 0 Å². The molecule has 0 amide bonds. The summed E-state index contributed by atoms with van der Waals surface area (Å²) >= 11 is 0. The molecule has 1 saturated heterocycles. The summed E-state index contributed by atoms with van der Waals surface area (Å²) in [5.74, 6) is 1.76. The van der Waals surface area contributed by atoms with Crippen molar-refractivity contribution < 1.29 is 4.74 Å². The molecule has 2 fully saturated rings. The smallest absolute Gasteiger partial charge is 0.0618 e. The van der Waals surface area contributed by atoms with Crippen LogP contribution in [0.2, 0.25) is 0 Å². The van der Waals surface area contributed by atoms with Crippen molar-refractivity contribution in [3.63, 3.8) is 0 Å². The fraction of sp³-hybridized carbons (Fsp3) is 1.00. The molecule has 2 heteroatoms. The second-order valence-corrected chi connectivity index (χ2v) is 5.45. The fourth-order valence-corrected chi connectivity index (χ4v) is 3.24. The molecule has 1 N–H and O–H groups in total. The minimum atomic E-state index is 0.541. The topological polar surface area (TPSA) is 21.3 Å². The molecule has 0 aromatic carbocycles. The molecule has 2 rings (SSSR count). The second kappa shape index (κ2) is 5.31. The molecule has 0 aromatic rings. The molecule has 1 aliphatic carbocycles. The van der Waals surface area contributed by atoms with Crippen molar-refractivity contribution in [1.29, 1.82) is 0 Å². The van der Waals surface area contributed by atoms with Crippen LogP contribution in [0.15, 0.2) is 0 Å². The Hall–Kier alpha value is -0.0800. The Labute approximate surface area is 93.8 Å². The number of nitrogens with one attached hydrogen (secondary N) is 1. The molecule has 0 spiro atoms. The average Bonchev–Trinajstić information content (AvgIpc) is 2.29. The number of hydrogen-bond acceptors (Lipinski definition) is 2. The molecule has 88 valence electrons. The van der Waals surface area contributed by atoms with Gasteiger partial charge in [-0.05, 0) is 44.6 Å². The first-order chi connectivity index (χ1) is 7.29. The van der Waals surface area contributed by atoms with Crippen LogP contribution in [0, 0.1) is 11.8 Å². The summed E-state index contributed by atoms with van der Waals surface area (Å²) in [7, 11) is 2.08. The van der Waals surface area contributed by atoms with Gasteiger partial charge in [0.2, 0.25) is 0 Å². The lowest BCUT2D eigenvalue weighted by molar-refractivity contribution is -0.0453. The van der Waals surface area contributed by atoms with Crippen LogP contribution in [-0.2, 0) is 4.74 Å². The maximum absolute atomic E-state index is 5.96. The van der Waals surface area contributed by atoms with Gasteiger partial charge < -0.3 is 10.1 Å². The van der Waals surface area contributed by atoms with Crippen molar-refractivity contribution in [3.8, 4) is 0 Å². The Balaban J connectivity index is 1.86. The Morgan fingerprint density at radius 1 is 1.13 bits per heavy atom. The zero-order chi connectivity index (χ0) is 10.7. The lowest BCUT2D eigenvalue weighted by Crippen LogP contribution is -2.41. The molecule has 1 saturated carbocycles. The normalized spacial score (nSPS) is 42.8. The first kappa shape index (κ1) is 11.4. The van der Waals surface area contributed by atoms with Crippen LogP contribution < -0.4 is 5.32 Å². The lowest BCUT2D eigenvalue weighted by atomic mass is 9.77. The lowest BCUT2D eigenvalue weighted by Gasteiger charge is -2.38. The Bertz CT molecular complexity index is 195. The summed E-state index contributed by atoms with van der Waals surface area (Å²) in [6.07, 6.45) is 8.59. The number of hydrogen-bond donors (Lipinski definition) is 1. The minimum absolute atomic E-state index is 0.541. The van der Waals surface area contributed by atoms with E-state index >= 15 is 0 Å². The Kier molecular flexibility index (Phi) is 4.04. The van der Waals surface area contributed by atoms with Crippen molar-refractivity contribution in [1.82, 2.24) is 5.32 Å². The van der Waals surface area contributed by atoms with Gasteiger partial charge in [-0.2, -0.15) is 0 Å². The van der Waals surface area contributed by atoms with Gasteiger partial charge >= 0.3 is 0 Å². The van der Waals surface area contributed by atoms with E-state index in [9.17, 15) is 0 Å². The third-order valence-electron chi connectivity index (χ3n) is 4.23. The van der Waals surface area contributed by atoms with Gasteiger partial charge in [0, 0.05) is 12.6 Å². The first-order valence-corrected chi connectivity index (χ1v) is 6.58. The van der Waals surface area contributed by atoms with Gasteiger partial charge in [-0.15, -0.1) is 0 Å². The molecule has 2 aliphatic rings. The van der Waals surface area contributed by atoms with E-state index in [-0.39, 0.29) is 0 Å². The highest BCUT2D eigenvalue weighted by atomic mass is 16.5. The molecule has 1 aliphatic heterocycles. The van der Waals surface area contributed by atoms with Crippen LogP contribution in [-0.4, -0.2) is 25.8 Å². The summed E-state index contributed by atoms with van der Waals surface area (Å²) < 4.78 is 5.96. The first-order valence-electron chi connectivity index (χ1n) is 6.58. The van der Waals surface area contributed by atoms with E-state index in [1.54, 1.807) is 0 Å².